The van der Waals surface area contributed by atoms with Gasteiger partial charge in [-0.25, -0.2) is 0 Å². The standard InChI is InChI=1S/C12H10Cl3NS/c1-16-12(10-4-5-11(15)17-10)8-6-7(13)2-3-9(8)14/h2-6,12,16H,1H3. The van der Waals surface area contributed by atoms with Crippen molar-refractivity contribution in [1.82, 2.24) is 5.32 Å². The third-order valence-corrected chi connectivity index (χ3v) is 4.31. The van der Waals surface area contributed by atoms with Crippen LogP contribution in [-0.4, -0.2) is 7.05 Å². The second kappa shape index (κ2) is 5.59. The van der Waals surface area contributed by atoms with Gasteiger partial charge in [-0.1, -0.05) is 34.8 Å². The fourth-order valence-corrected chi connectivity index (χ4v) is 3.27. The topological polar surface area (TPSA) is 12.0 Å². The molecule has 1 N–H and O–H groups in total. The fraction of sp³-hybridized carbons (Fsp3) is 0.167. The maximum absolute atomic E-state index is 6.20. The van der Waals surface area contributed by atoms with E-state index in [0.29, 0.717) is 10.0 Å². The minimum Gasteiger partial charge on any atom is -0.309 e. The molecule has 0 aliphatic rings. The summed E-state index contributed by atoms with van der Waals surface area (Å²) in [5.74, 6) is 0. The number of rotatable bonds is 3. The lowest BCUT2D eigenvalue weighted by Crippen LogP contribution is -2.16. The fourth-order valence-electron chi connectivity index (χ4n) is 1.67. The summed E-state index contributed by atoms with van der Waals surface area (Å²) in [6, 6.07) is 9.34. The predicted octanol–water partition coefficient (Wildman–Crippen LogP) is 5.02. The van der Waals surface area contributed by atoms with Gasteiger partial charge in [-0.15, -0.1) is 11.3 Å². The molecule has 1 unspecified atom stereocenters. The average Bonchev–Trinajstić information content (AvgIpc) is 2.71. The van der Waals surface area contributed by atoms with E-state index in [1.165, 1.54) is 11.3 Å². The molecule has 1 aromatic carbocycles. The van der Waals surface area contributed by atoms with Crippen molar-refractivity contribution in [2.45, 2.75) is 6.04 Å². The second-order valence-corrected chi connectivity index (χ2v) is 6.12. The molecule has 0 radical (unpaired) electrons. The van der Waals surface area contributed by atoms with E-state index in [0.717, 1.165) is 14.8 Å². The Morgan fingerprint density at radius 3 is 2.47 bits per heavy atom. The molecule has 1 atom stereocenters. The summed E-state index contributed by atoms with van der Waals surface area (Å²) in [6.45, 7) is 0. The smallest absolute Gasteiger partial charge is 0.0931 e. The van der Waals surface area contributed by atoms with Gasteiger partial charge in [0.05, 0.1) is 10.4 Å². The van der Waals surface area contributed by atoms with Crippen LogP contribution >= 0.6 is 46.1 Å². The van der Waals surface area contributed by atoms with Crippen LogP contribution in [0.5, 0.6) is 0 Å². The molecular weight excluding hydrogens is 297 g/mol. The average molecular weight is 307 g/mol. The number of halogens is 3. The zero-order valence-electron chi connectivity index (χ0n) is 9.01. The van der Waals surface area contributed by atoms with Gasteiger partial charge >= 0.3 is 0 Å². The molecule has 0 fully saturated rings. The number of nitrogens with one attached hydrogen (secondary N) is 1. The lowest BCUT2D eigenvalue weighted by Gasteiger charge is -2.16. The Morgan fingerprint density at radius 1 is 1.12 bits per heavy atom. The highest BCUT2D eigenvalue weighted by Gasteiger charge is 2.17. The molecule has 90 valence electrons. The summed E-state index contributed by atoms with van der Waals surface area (Å²) in [6.07, 6.45) is 0. The van der Waals surface area contributed by atoms with Crippen LogP contribution in [0.25, 0.3) is 0 Å². The van der Waals surface area contributed by atoms with Crippen molar-refractivity contribution in [2.24, 2.45) is 0 Å². The number of hydrogen-bond acceptors (Lipinski definition) is 2. The largest absolute Gasteiger partial charge is 0.309 e. The van der Waals surface area contributed by atoms with Crippen LogP contribution in [0.1, 0.15) is 16.5 Å². The van der Waals surface area contributed by atoms with Crippen molar-refractivity contribution in [3.05, 3.63) is 55.2 Å². The van der Waals surface area contributed by atoms with Gasteiger partial charge in [0, 0.05) is 14.9 Å². The zero-order chi connectivity index (χ0) is 12.4. The first-order chi connectivity index (χ1) is 8.11. The van der Waals surface area contributed by atoms with Gasteiger partial charge in [0.15, 0.2) is 0 Å². The maximum atomic E-state index is 6.20. The molecule has 0 spiro atoms. The first-order valence-corrected chi connectivity index (χ1v) is 6.94. The SMILES string of the molecule is CNC(c1ccc(Cl)s1)c1cc(Cl)ccc1Cl. The molecule has 0 saturated carbocycles. The van der Waals surface area contributed by atoms with Crippen LogP contribution in [0.3, 0.4) is 0 Å². The van der Waals surface area contributed by atoms with Crippen LogP contribution in [0, 0.1) is 0 Å². The quantitative estimate of drug-likeness (QED) is 0.840. The van der Waals surface area contributed by atoms with Crippen LogP contribution in [-0.2, 0) is 0 Å². The molecule has 0 saturated heterocycles. The van der Waals surface area contributed by atoms with Gasteiger partial charge in [-0.3, -0.25) is 0 Å². The summed E-state index contributed by atoms with van der Waals surface area (Å²) >= 11 is 19.7. The van der Waals surface area contributed by atoms with Crippen molar-refractivity contribution in [1.29, 1.82) is 0 Å². The highest BCUT2D eigenvalue weighted by Crippen LogP contribution is 2.35. The van der Waals surface area contributed by atoms with Crippen molar-refractivity contribution in [3.8, 4) is 0 Å². The first-order valence-electron chi connectivity index (χ1n) is 4.99. The highest BCUT2D eigenvalue weighted by atomic mass is 35.5. The van der Waals surface area contributed by atoms with Gasteiger partial charge in [-0.2, -0.15) is 0 Å². The Balaban J connectivity index is 2.45. The van der Waals surface area contributed by atoms with Crippen molar-refractivity contribution >= 4 is 46.1 Å². The molecule has 5 heteroatoms. The third-order valence-electron chi connectivity index (χ3n) is 2.44. The maximum Gasteiger partial charge on any atom is 0.0931 e. The van der Waals surface area contributed by atoms with E-state index in [1.54, 1.807) is 12.1 Å². The Hall–Kier alpha value is -0.250. The third kappa shape index (κ3) is 2.95. The molecule has 1 heterocycles. The van der Waals surface area contributed by atoms with E-state index >= 15 is 0 Å². The molecule has 2 rings (SSSR count). The van der Waals surface area contributed by atoms with Crippen molar-refractivity contribution < 1.29 is 0 Å². The lowest BCUT2D eigenvalue weighted by atomic mass is 10.1. The Bertz CT molecular complexity index is 524. The van der Waals surface area contributed by atoms with Crippen LogP contribution in [0.15, 0.2) is 30.3 Å². The molecule has 2 aromatic rings. The van der Waals surface area contributed by atoms with Crippen LogP contribution in [0.4, 0.5) is 0 Å². The van der Waals surface area contributed by atoms with Crippen molar-refractivity contribution in [2.75, 3.05) is 7.05 Å². The summed E-state index contributed by atoms with van der Waals surface area (Å²) in [7, 11) is 1.88. The van der Waals surface area contributed by atoms with Gasteiger partial charge in [0.25, 0.3) is 0 Å². The molecule has 0 aliphatic heterocycles. The molecule has 17 heavy (non-hydrogen) atoms. The van der Waals surface area contributed by atoms with Gasteiger partial charge in [-0.05, 0) is 42.9 Å². The summed E-state index contributed by atoms with van der Waals surface area (Å²) in [5, 5.41) is 4.59. The predicted molar refractivity (Wildman–Crippen MR) is 76.7 cm³/mol. The summed E-state index contributed by atoms with van der Waals surface area (Å²) < 4.78 is 0.762. The van der Waals surface area contributed by atoms with E-state index in [2.05, 4.69) is 5.32 Å². The Kier molecular flexibility index (Phi) is 4.34. The van der Waals surface area contributed by atoms with E-state index in [4.69, 9.17) is 34.8 Å². The summed E-state index contributed by atoms with van der Waals surface area (Å²) in [4.78, 5) is 1.11. The normalized spacial score (nSPS) is 12.7. The van der Waals surface area contributed by atoms with Crippen LogP contribution in [0.2, 0.25) is 14.4 Å². The number of benzene rings is 1. The number of thiophene rings is 1. The Morgan fingerprint density at radius 2 is 1.88 bits per heavy atom. The summed E-state index contributed by atoms with van der Waals surface area (Å²) in [5.41, 5.74) is 0.959. The Labute approximate surface area is 119 Å². The monoisotopic (exact) mass is 305 g/mol. The molecule has 1 aromatic heterocycles. The molecule has 0 amide bonds. The van der Waals surface area contributed by atoms with E-state index in [1.807, 2.05) is 25.2 Å². The van der Waals surface area contributed by atoms with Crippen LogP contribution < -0.4 is 5.32 Å². The lowest BCUT2D eigenvalue weighted by molar-refractivity contribution is 0.704. The van der Waals surface area contributed by atoms with E-state index in [9.17, 15) is 0 Å². The zero-order valence-corrected chi connectivity index (χ0v) is 12.1. The van der Waals surface area contributed by atoms with Gasteiger partial charge < -0.3 is 5.32 Å². The number of hydrogen-bond donors (Lipinski definition) is 1. The molecule has 0 bridgehead atoms. The minimum absolute atomic E-state index is 0.0127. The molecule has 1 nitrogen and oxygen atoms in total. The molecular formula is C12H10Cl3NS. The second-order valence-electron chi connectivity index (χ2n) is 3.53. The van der Waals surface area contributed by atoms with E-state index in [-0.39, 0.29) is 6.04 Å². The molecule has 0 aliphatic carbocycles. The first kappa shape index (κ1) is 13.2. The van der Waals surface area contributed by atoms with Gasteiger partial charge in [0.2, 0.25) is 0 Å². The van der Waals surface area contributed by atoms with Crippen molar-refractivity contribution in [3.63, 3.8) is 0 Å². The van der Waals surface area contributed by atoms with E-state index < -0.39 is 0 Å². The minimum atomic E-state index is 0.0127. The van der Waals surface area contributed by atoms with Gasteiger partial charge in [0.1, 0.15) is 0 Å². The highest BCUT2D eigenvalue weighted by molar-refractivity contribution is 7.16.